The molecule has 0 bridgehead atoms. The summed E-state index contributed by atoms with van der Waals surface area (Å²) in [7, 11) is 0. The van der Waals surface area contributed by atoms with Crippen LogP contribution in [0.3, 0.4) is 0 Å². The van der Waals surface area contributed by atoms with Crippen LogP contribution in [-0.2, 0) is 10.3 Å². The van der Waals surface area contributed by atoms with Crippen molar-refractivity contribution >= 4 is 38.8 Å². The minimum Gasteiger partial charge on any atom is -0.376 e. The van der Waals surface area contributed by atoms with Gasteiger partial charge in [-0.2, -0.15) is 0 Å². The Labute approximate surface area is 190 Å². The zero-order valence-electron chi connectivity index (χ0n) is 16.6. The van der Waals surface area contributed by atoms with Gasteiger partial charge in [-0.05, 0) is 47.5 Å². The van der Waals surface area contributed by atoms with Gasteiger partial charge >= 0.3 is 0 Å². The molecule has 4 rings (SSSR count). The summed E-state index contributed by atoms with van der Waals surface area (Å²) < 4.78 is 49.0. The Morgan fingerprint density at radius 3 is 2.74 bits per heavy atom. The zero-order valence-corrected chi connectivity index (χ0v) is 19.0. The number of hydrogen-bond acceptors (Lipinski definition) is 4. The normalized spacial score (nSPS) is 27.9. The van der Waals surface area contributed by atoms with E-state index in [4.69, 9.17) is 9.73 Å². The number of nitrogens with one attached hydrogen (secondary N) is 1. The van der Waals surface area contributed by atoms with Gasteiger partial charge in [0.2, 0.25) is 0 Å². The fourth-order valence-electron chi connectivity index (χ4n) is 4.15. The van der Waals surface area contributed by atoms with Gasteiger partial charge in [0.15, 0.2) is 5.17 Å². The molecule has 2 heterocycles. The van der Waals surface area contributed by atoms with Crippen LogP contribution in [-0.4, -0.2) is 35.7 Å². The smallest absolute Gasteiger partial charge is 0.257 e. The number of nitrogens with zero attached hydrogens (tertiary/aromatic N) is 1. The highest BCUT2D eigenvalue weighted by atomic mass is 79.9. The number of benzene rings is 2. The number of carbonyl (C=O) groups excluding carboxylic acids is 1. The van der Waals surface area contributed by atoms with Gasteiger partial charge in [-0.1, -0.05) is 30.0 Å². The summed E-state index contributed by atoms with van der Waals surface area (Å²) in [5, 5.41) is 2.34. The molecule has 9 heteroatoms. The quantitative estimate of drug-likeness (QED) is 0.573. The van der Waals surface area contributed by atoms with E-state index in [1.807, 2.05) is 6.92 Å². The van der Waals surface area contributed by atoms with Crippen LogP contribution in [0.4, 0.5) is 13.2 Å². The lowest BCUT2D eigenvalue weighted by molar-refractivity contribution is -0.0558. The Morgan fingerprint density at radius 1 is 1.29 bits per heavy atom. The fourth-order valence-corrected chi connectivity index (χ4v) is 5.71. The molecule has 0 aliphatic carbocycles. The lowest BCUT2D eigenvalue weighted by Gasteiger charge is -2.49. The van der Waals surface area contributed by atoms with E-state index in [0.29, 0.717) is 12.0 Å². The van der Waals surface area contributed by atoms with Crippen LogP contribution in [0.5, 0.6) is 0 Å². The molecular weight excluding hydrogens is 493 g/mol. The molecule has 1 fully saturated rings. The third kappa shape index (κ3) is 4.27. The molecule has 0 spiro atoms. The van der Waals surface area contributed by atoms with Crippen LogP contribution < -0.4 is 5.32 Å². The van der Waals surface area contributed by atoms with E-state index in [1.54, 1.807) is 30.3 Å². The number of amides is 1. The van der Waals surface area contributed by atoms with Crippen molar-refractivity contribution in [2.24, 2.45) is 10.9 Å². The molecule has 2 aromatic carbocycles. The summed E-state index contributed by atoms with van der Waals surface area (Å²) in [6.07, 6.45) is 0.301. The lowest BCUT2D eigenvalue weighted by Crippen LogP contribution is -2.54. The van der Waals surface area contributed by atoms with Crippen LogP contribution in [0.2, 0.25) is 0 Å². The van der Waals surface area contributed by atoms with E-state index in [0.717, 1.165) is 17.8 Å². The molecule has 1 saturated heterocycles. The Bertz CT molecular complexity index is 1020. The summed E-state index contributed by atoms with van der Waals surface area (Å²) in [5.74, 6) is -2.32. The summed E-state index contributed by atoms with van der Waals surface area (Å²) in [6, 6.07) is 10.7. The predicted octanol–water partition coefficient (Wildman–Crippen LogP) is 5.22. The van der Waals surface area contributed by atoms with Crippen molar-refractivity contribution in [2.45, 2.75) is 30.2 Å². The second-order valence-corrected chi connectivity index (χ2v) is 9.76. The molecule has 2 aliphatic heterocycles. The molecule has 2 aromatic rings. The van der Waals surface area contributed by atoms with Crippen molar-refractivity contribution in [1.82, 2.24) is 5.32 Å². The largest absolute Gasteiger partial charge is 0.376 e. The summed E-state index contributed by atoms with van der Waals surface area (Å²) in [4.78, 5) is 17.4. The molecule has 1 amide bonds. The van der Waals surface area contributed by atoms with E-state index >= 15 is 0 Å². The number of rotatable bonds is 3. The third-order valence-corrected chi connectivity index (χ3v) is 7.47. The molecule has 0 aromatic heterocycles. The molecule has 4 atom stereocenters. The highest BCUT2D eigenvalue weighted by Gasteiger charge is 2.53. The average Bonchev–Trinajstić information content (AvgIpc) is 2.76. The Morgan fingerprint density at radius 2 is 2.03 bits per heavy atom. The molecule has 0 saturated carbocycles. The number of ether oxygens (including phenoxy) is 1. The third-order valence-electron chi connectivity index (χ3n) is 5.68. The molecule has 31 heavy (non-hydrogen) atoms. The summed E-state index contributed by atoms with van der Waals surface area (Å²) in [5.41, 5.74) is -0.750. The standard InChI is InChI=1S/C22H20BrF3N2O2S/c1-12-7-15-19(10-24)31-21(27-20(29)13-5-3-2-4-6-13)28-22(15,11-30-12)14-8-16(23)18(26)9-17(14)25/h2-6,8-9,12,15,19H,7,10-11H2,1H3,(H,27,28,29). The molecule has 1 N–H and O–H groups in total. The maximum atomic E-state index is 15.0. The molecule has 4 unspecified atom stereocenters. The molecule has 4 nitrogen and oxygen atoms in total. The highest BCUT2D eigenvalue weighted by Crippen LogP contribution is 2.50. The van der Waals surface area contributed by atoms with Gasteiger partial charge in [-0.15, -0.1) is 0 Å². The SMILES string of the molecule is CC1CC2C(CF)SC(NC(=O)c3ccccc3)=NC2(c2cc(Br)c(F)cc2F)CO1. The van der Waals surface area contributed by atoms with Gasteiger partial charge < -0.3 is 10.1 Å². The first-order chi connectivity index (χ1) is 14.8. The number of thioether (sulfide) groups is 1. The molecule has 164 valence electrons. The van der Waals surface area contributed by atoms with E-state index in [2.05, 4.69) is 21.2 Å². The first-order valence-electron chi connectivity index (χ1n) is 9.79. The highest BCUT2D eigenvalue weighted by molar-refractivity contribution is 9.10. The monoisotopic (exact) mass is 512 g/mol. The number of hydrogen-bond donors (Lipinski definition) is 1. The van der Waals surface area contributed by atoms with E-state index in [1.165, 1.54) is 6.07 Å². The van der Waals surface area contributed by atoms with Gasteiger partial charge in [0.25, 0.3) is 5.91 Å². The van der Waals surface area contributed by atoms with E-state index in [-0.39, 0.29) is 27.9 Å². The van der Waals surface area contributed by atoms with E-state index < -0.39 is 40.9 Å². The van der Waals surface area contributed by atoms with Gasteiger partial charge in [-0.25, -0.2) is 18.2 Å². The van der Waals surface area contributed by atoms with E-state index in [9.17, 15) is 18.0 Å². The van der Waals surface area contributed by atoms with Crippen molar-refractivity contribution in [3.8, 4) is 0 Å². The number of aliphatic imine (C=N–C) groups is 1. The predicted molar refractivity (Wildman–Crippen MR) is 118 cm³/mol. The molecule has 0 radical (unpaired) electrons. The average molecular weight is 513 g/mol. The van der Waals surface area contributed by atoms with Crippen molar-refractivity contribution in [3.63, 3.8) is 0 Å². The lowest BCUT2D eigenvalue weighted by atomic mass is 9.72. The van der Waals surface area contributed by atoms with Crippen molar-refractivity contribution < 1.29 is 22.7 Å². The second-order valence-electron chi connectivity index (χ2n) is 7.68. The van der Waals surface area contributed by atoms with Gasteiger partial charge in [0, 0.05) is 28.4 Å². The maximum Gasteiger partial charge on any atom is 0.257 e. The summed E-state index contributed by atoms with van der Waals surface area (Å²) in [6.45, 7) is 1.18. The van der Waals surface area contributed by atoms with Gasteiger partial charge in [0.1, 0.15) is 23.8 Å². The second kappa shape index (κ2) is 8.96. The van der Waals surface area contributed by atoms with Crippen LogP contribution in [0.15, 0.2) is 51.9 Å². The molecular formula is C22H20BrF3N2O2S. The van der Waals surface area contributed by atoms with Crippen molar-refractivity contribution in [2.75, 3.05) is 13.3 Å². The number of amidine groups is 1. The van der Waals surface area contributed by atoms with Gasteiger partial charge in [0.05, 0.1) is 17.2 Å². The maximum absolute atomic E-state index is 15.0. The van der Waals surface area contributed by atoms with Crippen LogP contribution in [0.1, 0.15) is 29.3 Å². The van der Waals surface area contributed by atoms with Crippen LogP contribution >= 0.6 is 27.7 Å². The fraction of sp³-hybridized carbons (Fsp3) is 0.364. The number of halogens is 4. The Kier molecular flexibility index (Phi) is 6.46. The number of fused-ring (bicyclic) bond motifs is 1. The van der Waals surface area contributed by atoms with Crippen molar-refractivity contribution in [1.29, 1.82) is 0 Å². The number of carbonyl (C=O) groups is 1. The minimum atomic E-state index is -1.28. The Balaban J connectivity index is 1.80. The first kappa shape index (κ1) is 22.4. The minimum absolute atomic E-state index is 0.00437. The number of alkyl halides is 1. The van der Waals surface area contributed by atoms with Crippen LogP contribution in [0.25, 0.3) is 0 Å². The van der Waals surface area contributed by atoms with Gasteiger partial charge in [-0.3, -0.25) is 4.79 Å². The summed E-state index contributed by atoms with van der Waals surface area (Å²) >= 11 is 4.24. The Hall–Kier alpha value is -1.84. The first-order valence-corrected chi connectivity index (χ1v) is 11.5. The topological polar surface area (TPSA) is 50.7 Å². The van der Waals surface area contributed by atoms with Crippen molar-refractivity contribution in [3.05, 3.63) is 69.7 Å². The molecule has 2 aliphatic rings. The van der Waals surface area contributed by atoms with Crippen LogP contribution in [0, 0.1) is 17.6 Å². The zero-order chi connectivity index (χ0) is 22.2.